The minimum atomic E-state index is -0.400. The van der Waals surface area contributed by atoms with Crippen LogP contribution in [0.4, 0.5) is 16.6 Å². The molecule has 0 fully saturated rings. The zero-order chi connectivity index (χ0) is 25.1. The van der Waals surface area contributed by atoms with Crippen LogP contribution in [0.2, 0.25) is 0 Å². The Kier molecular flexibility index (Phi) is 6.79. The number of nitrogens with one attached hydrogen (secondary N) is 1. The summed E-state index contributed by atoms with van der Waals surface area (Å²) in [5, 5.41) is 6.80. The molecule has 2 aromatic heterocycles. The van der Waals surface area contributed by atoms with Gasteiger partial charge in [0, 0.05) is 16.6 Å². The average Bonchev–Trinajstić information content (AvgIpc) is 3.51. The fourth-order valence-corrected chi connectivity index (χ4v) is 5.42. The molecule has 0 amide bonds. The topological polar surface area (TPSA) is 90.1 Å². The number of anilines is 3. The van der Waals surface area contributed by atoms with E-state index >= 15 is 0 Å². The maximum atomic E-state index is 12.4. The van der Waals surface area contributed by atoms with Crippen molar-refractivity contribution in [3.63, 3.8) is 0 Å². The van der Waals surface area contributed by atoms with Crippen molar-refractivity contribution in [2.24, 2.45) is 0 Å². The second kappa shape index (κ2) is 10.3. The summed E-state index contributed by atoms with van der Waals surface area (Å²) in [6.45, 7) is 4.35. The number of nitrogen functional groups attached to an aromatic ring is 1. The van der Waals surface area contributed by atoms with E-state index in [1.165, 1.54) is 28.2 Å². The molecule has 0 spiro atoms. The van der Waals surface area contributed by atoms with Gasteiger partial charge in [0.2, 0.25) is 0 Å². The number of hydrogen-bond acceptors (Lipinski definition) is 8. The van der Waals surface area contributed by atoms with Gasteiger partial charge in [-0.1, -0.05) is 67.6 Å². The van der Waals surface area contributed by atoms with Gasteiger partial charge in [-0.3, -0.25) is 0 Å². The normalized spacial score (nSPS) is 11.0. The standard InChI is InChI=1S/C28H24N4O2S2/c1-17(2)18-11-13-21(14-12-18)30-28-32-25(29)24(36-28)26-31-23(16-35-26)20-9-6-10-22(15-20)34-27(33)19-7-4-3-5-8-19/h3-17H,29H2,1-2H3,(H,30,32). The molecule has 0 aliphatic rings. The van der Waals surface area contributed by atoms with Gasteiger partial charge in [0.15, 0.2) is 5.13 Å². The van der Waals surface area contributed by atoms with Gasteiger partial charge in [0.1, 0.15) is 21.5 Å². The van der Waals surface area contributed by atoms with Gasteiger partial charge in [0.25, 0.3) is 0 Å². The molecular formula is C28H24N4O2S2. The highest BCUT2D eigenvalue weighted by atomic mass is 32.1. The summed E-state index contributed by atoms with van der Waals surface area (Å²) in [5.74, 6) is 0.982. The molecule has 0 aliphatic carbocycles. The first-order valence-electron chi connectivity index (χ1n) is 11.4. The molecule has 0 aliphatic heterocycles. The number of esters is 1. The van der Waals surface area contributed by atoms with Crippen LogP contribution in [-0.2, 0) is 0 Å². The van der Waals surface area contributed by atoms with Crippen LogP contribution in [0.25, 0.3) is 21.1 Å². The minimum absolute atomic E-state index is 0.400. The molecule has 8 heteroatoms. The van der Waals surface area contributed by atoms with Crippen LogP contribution < -0.4 is 15.8 Å². The van der Waals surface area contributed by atoms with Crippen LogP contribution >= 0.6 is 22.7 Å². The molecule has 3 N–H and O–H groups in total. The average molecular weight is 513 g/mol. The van der Waals surface area contributed by atoms with Gasteiger partial charge in [-0.05, 0) is 47.9 Å². The number of carbonyl (C=O) groups is 1. The SMILES string of the molecule is CC(C)c1ccc(Nc2nc(N)c(-c3nc(-c4cccc(OC(=O)c5ccccc5)c4)cs3)s2)cc1. The summed E-state index contributed by atoms with van der Waals surface area (Å²) in [5.41, 5.74) is 10.6. The number of carbonyl (C=O) groups excluding carboxylic acids is 1. The molecule has 0 saturated carbocycles. The highest BCUT2D eigenvalue weighted by Crippen LogP contribution is 2.39. The van der Waals surface area contributed by atoms with Crippen LogP contribution in [-0.4, -0.2) is 15.9 Å². The third-order valence-electron chi connectivity index (χ3n) is 5.53. The van der Waals surface area contributed by atoms with Crippen molar-refractivity contribution in [2.75, 3.05) is 11.1 Å². The molecule has 0 saturated heterocycles. The monoisotopic (exact) mass is 512 g/mol. The van der Waals surface area contributed by atoms with E-state index in [0.717, 1.165) is 26.8 Å². The molecule has 3 aromatic carbocycles. The molecule has 180 valence electrons. The highest BCUT2D eigenvalue weighted by Gasteiger charge is 2.16. The Morgan fingerprint density at radius 2 is 1.75 bits per heavy atom. The third kappa shape index (κ3) is 5.30. The zero-order valence-electron chi connectivity index (χ0n) is 19.8. The Hall–Kier alpha value is -4.01. The van der Waals surface area contributed by atoms with Crippen molar-refractivity contribution in [1.29, 1.82) is 0 Å². The van der Waals surface area contributed by atoms with E-state index in [4.69, 9.17) is 15.5 Å². The van der Waals surface area contributed by atoms with E-state index in [9.17, 15) is 4.79 Å². The first-order chi connectivity index (χ1) is 17.5. The number of benzene rings is 3. The molecule has 0 radical (unpaired) electrons. The van der Waals surface area contributed by atoms with Crippen LogP contribution in [0.3, 0.4) is 0 Å². The van der Waals surface area contributed by atoms with Gasteiger partial charge in [-0.2, -0.15) is 0 Å². The summed E-state index contributed by atoms with van der Waals surface area (Å²) < 4.78 is 5.55. The Labute approximate surface area is 217 Å². The number of thiazole rings is 2. The molecule has 0 atom stereocenters. The first-order valence-corrected chi connectivity index (χ1v) is 13.1. The molecule has 5 aromatic rings. The van der Waals surface area contributed by atoms with Gasteiger partial charge < -0.3 is 15.8 Å². The summed E-state index contributed by atoms with van der Waals surface area (Å²) in [4.78, 5) is 22.5. The van der Waals surface area contributed by atoms with Crippen molar-refractivity contribution in [2.45, 2.75) is 19.8 Å². The second-order valence-electron chi connectivity index (χ2n) is 8.46. The Morgan fingerprint density at radius 1 is 0.972 bits per heavy atom. The van der Waals surface area contributed by atoms with Crippen molar-refractivity contribution < 1.29 is 9.53 Å². The predicted molar refractivity (Wildman–Crippen MR) is 148 cm³/mol. The molecule has 0 bridgehead atoms. The van der Waals surface area contributed by atoms with Crippen LogP contribution in [0.1, 0.15) is 35.7 Å². The molecule has 2 heterocycles. The maximum Gasteiger partial charge on any atom is 0.343 e. The van der Waals surface area contributed by atoms with E-state index in [0.29, 0.717) is 28.2 Å². The lowest BCUT2D eigenvalue weighted by atomic mass is 10.0. The number of hydrogen-bond donors (Lipinski definition) is 2. The van der Waals surface area contributed by atoms with E-state index < -0.39 is 5.97 Å². The van der Waals surface area contributed by atoms with Crippen molar-refractivity contribution in [3.8, 4) is 26.9 Å². The molecule has 0 unspecified atom stereocenters. The Bertz CT molecular complexity index is 1490. The summed E-state index contributed by atoms with van der Waals surface area (Å²) >= 11 is 2.96. The molecule has 6 nitrogen and oxygen atoms in total. The lowest BCUT2D eigenvalue weighted by Gasteiger charge is -2.07. The molecule has 36 heavy (non-hydrogen) atoms. The molecular weight excluding hydrogens is 488 g/mol. The van der Waals surface area contributed by atoms with Crippen LogP contribution in [0.15, 0.2) is 84.2 Å². The largest absolute Gasteiger partial charge is 0.423 e. The Morgan fingerprint density at radius 3 is 2.50 bits per heavy atom. The van der Waals surface area contributed by atoms with Crippen molar-refractivity contribution in [3.05, 3.63) is 95.4 Å². The van der Waals surface area contributed by atoms with E-state index in [2.05, 4.69) is 36.3 Å². The van der Waals surface area contributed by atoms with E-state index in [1.54, 1.807) is 30.3 Å². The number of nitrogens with zero attached hydrogens (tertiary/aromatic N) is 2. The summed E-state index contributed by atoms with van der Waals surface area (Å²) in [6, 6.07) is 24.6. The highest BCUT2D eigenvalue weighted by molar-refractivity contribution is 7.23. The van der Waals surface area contributed by atoms with E-state index in [1.807, 2.05) is 41.8 Å². The fourth-order valence-electron chi connectivity index (χ4n) is 3.58. The van der Waals surface area contributed by atoms with Crippen molar-refractivity contribution in [1.82, 2.24) is 9.97 Å². The van der Waals surface area contributed by atoms with Crippen LogP contribution in [0.5, 0.6) is 5.75 Å². The minimum Gasteiger partial charge on any atom is -0.423 e. The van der Waals surface area contributed by atoms with Crippen LogP contribution in [0, 0.1) is 0 Å². The third-order valence-corrected chi connectivity index (χ3v) is 7.51. The maximum absolute atomic E-state index is 12.4. The van der Waals surface area contributed by atoms with Gasteiger partial charge in [0.05, 0.1) is 11.3 Å². The number of ether oxygens (including phenoxy) is 1. The first kappa shape index (κ1) is 23.7. The van der Waals surface area contributed by atoms with Gasteiger partial charge in [-0.15, -0.1) is 11.3 Å². The smallest absolute Gasteiger partial charge is 0.343 e. The number of nitrogens with two attached hydrogens (primary N) is 1. The predicted octanol–water partition coefficient (Wildman–Crippen LogP) is 7.60. The quantitative estimate of drug-likeness (QED) is 0.172. The summed E-state index contributed by atoms with van der Waals surface area (Å²) in [6.07, 6.45) is 0. The number of aromatic nitrogens is 2. The number of rotatable bonds is 7. The lowest BCUT2D eigenvalue weighted by Crippen LogP contribution is -2.08. The summed E-state index contributed by atoms with van der Waals surface area (Å²) in [7, 11) is 0. The van der Waals surface area contributed by atoms with Gasteiger partial charge in [-0.25, -0.2) is 14.8 Å². The van der Waals surface area contributed by atoms with Crippen molar-refractivity contribution >= 4 is 45.3 Å². The zero-order valence-corrected chi connectivity index (χ0v) is 21.4. The van der Waals surface area contributed by atoms with Gasteiger partial charge >= 0.3 is 5.97 Å². The lowest BCUT2D eigenvalue weighted by molar-refractivity contribution is 0.0735. The second-order valence-corrected chi connectivity index (χ2v) is 10.3. The molecule has 5 rings (SSSR count). The Balaban J connectivity index is 1.32. The fraction of sp³-hybridized carbons (Fsp3) is 0.107. The van der Waals surface area contributed by atoms with E-state index in [-0.39, 0.29) is 0 Å².